The highest BCUT2D eigenvalue weighted by Gasteiger charge is 2.21. The Bertz CT molecular complexity index is 798. The molecule has 144 valence electrons. The van der Waals surface area contributed by atoms with Crippen LogP contribution in [0.5, 0.6) is 0 Å². The van der Waals surface area contributed by atoms with Crippen LogP contribution in [0.15, 0.2) is 35.2 Å². The molecular formula is C20H26N4O2S. The number of nitrogens with one attached hydrogen (secondary N) is 2. The summed E-state index contributed by atoms with van der Waals surface area (Å²) >= 11 is 1.44. The SMILES string of the molecule is Cc1nn(-c2ccccc2)c(C)c1SCC(=O)NNC(=O)C1CCCCC1. The van der Waals surface area contributed by atoms with Crippen molar-refractivity contribution < 1.29 is 9.59 Å². The lowest BCUT2D eigenvalue weighted by Gasteiger charge is -2.20. The second-order valence-electron chi connectivity index (χ2n) is 6.91. The molecule has 7 heteroatoms. The van der Waals surface area contributed by atoms with E-state index in [0.717, 1.165) is 47.7 Å². The lowest BCUT2D eigenvalue weighted by atomic mass is 9.89. The third kappa shape index (κ3) is 4.91. The maximum atomic E-state index is 12.1. The molecule has 1 saturated carbocycles. The van der Waals surface area contributed by atoms with Crippen LogP contribution in [0, 0.1) is 19.8 Å². The molecule has 2 aromatic rings. The number of aryl methyl sites for hydroxylation is 1. The first-order valence-corrected chi connectivity index (χ1v) is 10.4. The van der Waals surface area contributed by atoms with E-state index in [1.54, 1.807) is 0 Å². The molecule has 0 unspecified atom stereocenters. The molecule has 0 bridgehead atoms. The average molecular weight is 387 g/mol. The molecule has 1 heterocycles. The van der Waals surface area contributed by atoms with Crippen molar-refractivity contribution in [3.63, 3.8) is 0 Å². The standard InChI is InChI=1S/C20H26N4O2S/c1-14-19(15(2)24(23-14)17-11-7-4-8-12-17)27-13-18(25)21-22-20(26)16-9-5-3-6-10-16/h4,7-8,11-12,16H,3,5-6,9-10,13H2,1-2H3,(H,21,25)(H,22,26). The van der Waals surface area contributed by atoms with Crippen molar-refractivity contribution in [1.82, 2.24) is 20.6 Å². The Kier molecular flexibility index (Phi) is 6.55. The molecular weight excluding hydrogens is 360 g/mol. The lowest BCUT2D eigenvalue weighted by molar-refractivity contribution is -0.131. The molecule has 0 spiro atoms. The molecule has 0 aliphatic heterocycles. The van der Waals surface area contributed by atoms with Gasteiger partial charge in [0.15, 0.2) is 0 Å². The number of amides is 2. The number of thioether (sulfide) groups is 1. The van der Waals surface area contributed by atoms with Gasteiger partial charge in [-0.15, -0.1) is 11.8 Å². The third-order valence-electron chi connectivity index (χ3n) is 4.87. The highest BCUT2D eigenvalue weighted by Crippen LogP contribution is 2.27. The minimum absolute atomic E-state index is 0.0281. The fourth-order valence-electron chi connectivity index (χ4n) is 3.43. The van der Waals surface area contributed by atoms with Crippen LogP contribution in [0.25, 0.3) is 5.69 Å². The van der Waals surface area contributed by atoms with Crippen molar-refractivity contribution in [2.24, 2.45) is 5.92 Å². The zero-order chi connectivity index (χ0) is 19.2. The normalized spacial score (nSPS) is 14.7. The molecule has 0 atom stereocenters. The Morgan fingerprint density at radius 3 is 2.52 bits per heavy atom. The highest BCUT2D eigenvalue weighted by atomic mass is 32.2. The van der Waals surface area contributed by atoms with Crippen molar-refractivity contribution in [1.29, 1.82) is 0 Å². The maximum absolute atomic E-state index is 12.1. The molecule has 2 amide bonds. The van der Waals surface area contributed by atoms with E-state index in [4.69, 9.17) is 0 Å². The van der Waals surface area contributed by atoms with E-state index in [-0.39, 0.29) is 23.5 Å². The predicted octanol–water partition coefficient (Wildman–Crippen LogP) is 3.31. The molecule has 1 aromatic heterocycles. The number of carbonyl (C=O) groups excluding carboxylic acids is 2. The van der Waals surface area contributed by atoms with Crippen LogP contribution < -0.4 is 10.9 Å². The van der Waals surface area contributed by atoms with E-state index >= 15 is 0 Å². The van der Waals surface area contributed by atoms with Crippen molar-refractivity contribution in [3.8, 4) is 5.69 Å². The van der Waals surface area contributed by atoms with Crippen LogP contribution in [-0.4, -0.2) is 27.3 Å². The number of hydrazine groups is 1. The van der Waals surface area contributed by atoms with Crippen LogP contribution in [0.1, 0.15) is 43.5 Å². The fourth-order valence-corrected chi connectivity index (χ4v) is 4.32. The minimum atomic E-state index is -0.213. The molecule has 6 nitrogen and oxygen atoms in total. The predicted molar refractivity (Wildman–Crippen MR) is 107 cm³/mol. The second-order valence-corrected chi connectivity index (χ2v) is 7.89. The first-order valence-electron chi connectivity index (χ1n) is 9.39. The second kappa shape index (κ2) is 9.08. The summed E-state index contributed by atoms with van der Waals surface area (Å²) in [5.41, 5.74) is 8.00. The van der Waals surface area contributed by atoms with Crippen LogP contribution in [0.4, 0.5) is 0 Å². The number of nitrogens with zero attached hydrogens (tertiary/aromatic N) is 2. The number of carbonyl (C=O) groups is 2. The molecule has 1 aliphatic rings. The van der Waals surface area contributed by atoms with E-state index in [1.807, 2.05) is 48.9 Å². The largest absolute Gasteiger partial charge is 0.273 e. The van der Waals surface area contributed by atoms with E-state index in [2.05, 4.69) is 16.0 Å². The summed E-state index contributed by atoms with van der Waals surface area (Å²) in [5.74, 6) is -0.0272. The summed E-state index contributed by atoms with van der Waals surface area (Å²) in [6.45, 7) is 3.94. The fraction of sp³-hybridized carbons (Fsp3) is 0.450. The van der Waals surface area contributed by atoms with E-state index in [9.17, 15) is 9.59 Å². The Labute approximate surface area is 164 Å². The van der Waals surface area contributed by atoms with Crippen molar-refractivity contribution in [3.05, 3.63) is 41.7 Å². The summed E-state index contributed by atoms with van der Waals surface area (Å²) in [7, 11) is 0. The van der Waals surface area contributed by atoms with Gasteiger partial charge in [0.05, 0.1) is 27.7 Å². The molecule has 1 aliphatic carbocycles. The van der Waals surface area contributed by atoms with Gasteiger partial charge in [-0.05, 0) is 38.8 Å². The minimum Gasteiger partial charge on any atom is -0.273 e. The van der Waals surface area contributed by atoms with Gasteiger partial charge in [-0.1, -0.05) is 37.5 Å². The summed E-state index contributed by atoms with van der Waals surface area (Å²) in [6, 6.07) is 9.92. The third-order valence-corrected chi connectivity index (χ3v) is 6.16. The van der Waals surface area contributed by atoms with E-state index in [0.29, 0.717) is 0 Å². The first-order chi connectivity index (χ1) is 13.1. The Hall–Kier alpha value is -2.28. The van der Waals surface area contributed by atoms with Gasteiger partial charge in [0, 0.05) is 5.92 Å². The van der Waals surface area contributed by atoms with Gasteiger partial charge in [-0.25, -0.2) is 4.68 Å². The van der Waals surface area contributed by atoms with Gasteiger partial charge in [-0.3, -0.25) is 20.4 Å². The quantitative estimate of drug-likeness (QED) is 0.611. The number of aromatic nitrogens is 2. The van der Waals surface area contributed by atoms with Crippen LogP contribution in [-0.2, 0) is 9.59 Å². The van der Waals surface area contributed by atoms with Crippen LogP contribution >= 0.6 is 11.8 Å². The molecule has 0 saturated heterocycles. The maximum Gasteiger partial charge on any atom is 0.248 e. The summed E-state index contributed by atoms with van der Waals surface area (Å²) in [5, 5.41) is 4.59. The molecule has 2 N–H and O–H groups in total. The van der Waals surface area contributed by atoms with Gasteiger partial charge >= 0.3 is 0 Å². The first kappa shape index (κ1) is 19.5. The summed E-state index contributed by atoms with van der Waals surface area (Å²) < 4.78 is 1.89. The number of benzene rings is 1. The Morgan fingerprint density at radius 2 is 1.81 bits per heavy atom. The van der Waals surface area contributed by atoms with Gasteiger partial charge in [0.25, 0.3) is 0 Å². The van der Waals surface area contributed by atoms with Crippen molar-refractivity contribution in [2.45, 2.75) is 50.8 Å². The van der Waals surface area contributed by atoms with Gasteiger partial charge in [0.2, 0.25) is 11.8 Å². The van der Waals surface area contributed by atoms with Crippen LogP contribution in [0.2, 0.25) is 0 Å². The number of hydrogen-bond acceptors (Lipinski definition) is 4. The zero-order valence-corrected chi connectivity index (χ0v) is 16.6. The molecule has 3 rings (SSSR count). The Morgan fingerprint density at radius 1 is 1.11 bits per heavy atom. The monoisotopic (exact) mass is 386 g/mol. The highest BCUT2D eigenvalue weighted by molar-refractivity contribution is 8.00. The molecule has 0 radical (unpaired) electrons. The van der Waals surface area contributed by atoms with Crippen molar-refractivity contribution in [2.75, 3.05) is 5.75 Å². The summed E-state index contributed by atoms with van der Waals surface area (Å²) in [4.78, 5) is 25.2. The molecule has 1 aromatic carbocycles. The smallest absolute Gasteiger partial charge is 0.248 e. The van der Waals surface area contributed by atoms with Crippen molar-refractivity contribution >= 4 is 23.6 Å². The molecule has 27 heavy (non-hydrogen) atoms. The van der Waals surface area contributed by atoms with Gasteiger partial charge in [0.1, 0.15) is 0 Å². The van der Waals surface area contributed by atoms with E-state index in [1.165, 1.54) is 18.2 Å². The average Bonchev–Trinajstić information content (AvgIpc) is 2.99. The number of hydrogen-bond donors (Lipinski definition) is 2. The zero-order valence-electron chi connectivity index (χ0n) is 15.8. The lowest BCUT2D eigenvalue weighted by Crippen LogP contribution is -2.45. The Balaban J connectivity index is 1.53. The summed E-state index contributed by atoms with van der Waals surface area (Å²) in [6.07, 6.45) is 5.20. The topological polar surface area (TPSA) is 76.0 Å². The van der Waals surface area contributed by atoms with E-state index < -0.39 is 0 Å². The molecule has 1 fully saturated rings. The number of rotatable bonds is 5. The number of para-hydroxylation sites is 1. The van der Waals surface area contributed by atoms with Gasteiger partial charge in [-0.2, -0.15) is 5.10 Å². The van der Waals surface area contributed by atoms with Gasteiger partial charge < -0.3 is 0 Å². The van der Waals surface area contributed by atoms with Crippen LogP contribution in [0.3, 0.4) is 0 Å².